The monoisotopic (exact) mass is 458 g/mol. The van der Waals surface area contributed by atoms with Gasteiger partial charge in [0.2, 0.25) is 17.0 Å². The van der Waals surface area contributed by atoms with Gasteiger partial charge in [0.1, 0.15) is 5.75 Å². The second-order valence-corrected chi connectivity index (χ2v) is 7.85. The normalized spacial score (nSPS) is 11.4. The van der Waals surface area contributed by atoms with Crippen LogP contribution in [-0.4, -0.2) is 34.3 Å². The Kier molecular flexibility index (Phi) is 6.40. The van der Waals surface area contributed by atoms with Gasteiger partial charge in [-0.25, -0.2) is 4.79 Å². The Bertz CT molecular complexity index is 1350. The average molecular weight is 459 g/mol. The molecule has 0 aliphatic rings. The van der Waals surface area contributed by atoms with Crippen molar-refractivity contribution in [3.05, 3.63) is 56.3 Å². The number of rotatable bonds is 9. The van der Waals surface area contributed by atoms with Gasteiger partial charge in [0.15, 0.2) is 11.2 Å². The maximum absolute atomic E-state index is 12.9. The van der Waals surface area contributed by atoms with Gasteiger partial charge in [-0.05, 0) is 43.0 Å². The number of aryl methyl sites for hydroxylation is 2. The van der Waals surface area contributed by atoms with Crippen LogP contribution in [0, 0.1) is 0 Å². The van der Waals surface area contributed by atoms with Crippen molar-refractivity contribution >= 4 is 22.8 Å². The summed E-state index contributed by atoms with van der Waals surface area (Å²) in [5.41, 5.74) is 0.369. The molecular weight excluding hydrogens is 436 g/mol. The molecule has 0 radical (unpaired) electrons. The number of benzene rings is 1. The van der Waals surface area contributed by atoms with E-state index in [2.05, 4.69) is 20.1 Å². The van der Waals surface area contributed by atoms with Crippen LogP contribution in [0.1, 0.15) is 38.5 Å². The minimum absolute atomic E-state index is 0.0819. The number of hydrogen-bond acceptors (Lipinski definition) is 7. The molecule has 1 aromatic carbocycles. The molecule has 0 atom stereocenters. The summed E-state index contributed by atoms with van der Waals surface area (Å²) in [7, 11) is 0. The van der Waals surface area contributed by atoms with Gasteiger partial charge < -0.3 is 14.6 Å². The molecule has 0 bridgehead atoms. The Morgan fingerprint density at radius 1 is 1.12 bits per heavy atom. The molecule has 10 nitrogen and oxygen atoms in total. The first kappa shape index (κ1) is 21.8. The van der Waals surface area contributed by atoms with E-state index >= 15 is 0 Å². The minimum Gasteiger partial charge on any atom is -0.508 e. The summed E-state index contributed by atoms with van der Waals surface area (Å²) in [5.74, 6) is 0.971. The van der Waals surface area contributed by atoms with Crippen LogP contribution in [0.2, 0.25) is 5.28 Å². The predicted molar refractivity (Wildman–Crippen MR) is 119 cm³/mol. The number of phenols is 1. The number of aromatic hydroxyl groups is 1. The van der Waals surface area contributed by atoms with Crippen LogP contribution >= 0.6 is 11.6 Å². The third-order valence-corrected chi connectivity index (χ3v) is 5.34. The van der Waals surface area contributed by atoms with Crippen molar-refractivity contribution in [1.29, 1.82) is 0 Å². The average Bonchev–Trinajstić information content (AvgIpc) is 3.40. The maximum atomic E-state index is 12.9. The second-order valence-electron chi connectivity index (χ2n) is 7.49. The summed E-state index contributed by atoms with van der Waals surface area (Å²) < 4.78 is 8.00. The van der Waals surface area contributed by atoms with Crippen LogP contribution in [0.4, 0.5) is 0 Å². The van der Waals surface area contributed by atoms with Crippen LogP contribution in [0.5, 0.6) is 5.75 Å². The lowest BCUT2D eigenvalue weighted by Gasteiger charge is -2.10. The van der Waals surface area contributed by atoms with Crippen LogP contribution in [-0.2, 0) is 19.5 Å². The van der Waals surface area contributed by atoms with Crippen molar-refractivity contribution in [3.8, 4) is 17.1 Å². The molecule has 0 fully saturated rings. The van der Waals surface area contributed by atoms with Crippen molar-refractivity contribution in [2.75, 3.05) is 0 Å². The van der Waals surface area contributed by atoms with Gasteiger partial charge in [-0.15, -0.1) is 0 Å². The van der Waals surface area contributed by atoms with Crippen LogP contribution in [0.25, 0.3) is 22.6 Å². The molecule has 0 spiro atoms. The van der Waals surface area contributed by atoms with Gasteiger partial charge in [-0.3, -0.25) is 13.9 Å². The number of fused-ring (bicyclic) bond motifs is 1. The van der Waals surface area contributed by atoms with E-state index in [1.807, 2.05) is 6.92 Å². The molecule has 0 saturated carbocycles. The van der Waals surface area contributed by atoms with Gasteiger partial charge in [-0.2, -0.15) is 9.97 Å². The van der Waals surface area contributed by atoms with Crippen molar-refractivity contribution in [2.45, 2.75) is 52.1 Å². The van der Waals surface area contributed by atoms with E-state index in [-0.39, 0.29) is 28.8 Å². The van der Waals surface area contributed by atoms with Crippen molar-refractivity contribution in [3.63, 3.8) is 0 Å². The molecule has 32 heavy (non-hydrogen) atoms. The van der Waals surface area contributed by atoms with Crippen molar-refractivity contribution in [1.82, 2.24) is 29.2 Å². The molecule has 3 heterocycles. The standard InChI is InChI=1S/C21H23ClN6O4/c1-2-3-10-27-18-16(24-20(22)25-18)19(30)28(21(27)31)11-5-4-9-15-23-17(26-32-15)13-7-6-8-14(29)12-13/h6-8,12,29H,2-5,9-11H2,1H3,(H,24,25). The smallest absolute Gasteiger partial charge is 0.332 e. The quantitative estimate of drug-likeness (QED) is 0.291. The summed E-state index contributed by atoms with van der Waals surface area (Å²) >= 11 is 5.95. The van der Waals surface area contributed by atoms with Crippen molar-refractivity contribution < 1.29 is 9.63 Å². The van der Waals surface area contributed by atoms with E-state index in [1.54, 1.807) is 24.3 Å². The molecule has 0 unspecified atom stereocenters. The Labute approximate surface area is 187 Å². The first-order valence-corrected chi connectivity index (χ1v) is 10.9. The summed E-state index contributed by atoms with van der Waals surface area (Å²) in [4.78, 5) is 37.0. The lowest BCUT2D eigenvalue weighted by Crippen LogP contribution is -2.40. The van der Waals surface area contributed by atoms with Crippen LogP contribution < -0.4 is 11.2 Å². The molecule has 168 valence electrons. The molecule has 0 aliphatic heterocycles. The molecule has 2 N–H and O–H groups in total. The fraction of sp³-hybridized carbons (Fsp3) is 0.381. The summed E-state index contributed by atoms with van der Waals surface area (Å²) in [6.07, 6.45) is 3.41. The van der Waals surface area contributed by atoms with E-state index in [0.717, 1.165) is 12.8 Å². The van der Waals surface area contributed by atoms with E-state index in [0.29, 0.717) is 48.7 Å². The topological polar surface area (TPSA) is 132 Å². The number of imidazole rings is 1. The highest BCUT2D eigenvalue weighted by Gasteiger charge is 2.17. The summed E-state index contributed by atoms with van der Waals surface area (Å²) in [6.45, 7) is 2.75. The van der Waals surface area contributed by atoms with Gasteiger partial charge in [0.05, 0.1) is 0 Å². The summed E-state index contributed by atoms with van der Waals surface area (Å²) in [5, 5.41) is 13.6. The number of nitrogens with one attached hydrogen (secondary N) is 1. The van der Waals surface area contributed by atoms with Gasteiger partial charge in [0.25, 0.3) is 5.56 Å². The van der Waals surface area contributed by atoms with E-state index in [9.17, 15) is 14.7 Å². The largest absolute Gasteiger partial charge is 0.508 e. The third kappa shape index (κ3) is 4.45. The Balaban J connectivity index is 1.46. The molecule has 11 heteroatoms. The molecular formula is C21H23ClN6O4. The molecule has 0 saturated heterocycles. The summed E-state index contributed by atoms with van der Waals surface area (Å²) in [6, 6.07) is 6.61. The number of hydrogen-bond donors (Lipinski definition) is 2. The minimum atomic E-state index is -0.430. The number of phenolic OH excluding ortho intramolecular Hbond substituents is 1. The molecule has 4 rings (SSSR count). The fourth-order valence-corrected chi connectivity index (χ4v) is 3.69. The number of halogens is 1. The van der Waals surface area contributed by atoms with E-state index in [1.165, 1.54) is 9.13 Å². The van der Waals surface area contributed by atoms with E-state index < -0.39 is 5.56 Å². The molecule has 3 aromatic heterocycles. The highest BCUT2D eigenvalue weighted by Crippen LogP contribution is 2.20. The number of unbranched alkanes of at least 4 members (excludes halogenated alkanes) is 2. The first-order chi connectivity index (χ1) is 15.5. The highest BCUT2D eigenvalue weighted by atomic mass is 35.5. The lowest BCUT2D eigenvalue weighted by molar-refractivity contribution is 0.372. The SMILES string of the molecule is CCCCn1c(=O)n(CCCCc2nc(-c3cccc(O)c3)no2)c(=O)c2[nH]c(Cl)nc21. The number of H-pyrrole nitrogens is 1. The molecule has 4 aromatic rings. The lowest BCUT2D eigenvalue weighted by atomic mass is 10.2. The van der Waals surface area contributed by atoms with Crippen LogP contribution in [0.3, 0.4) is 0 Å². The number of nitrogens with zero attached hydrogens (tertiary/aromatic N) is 5. The maximum Gasteiger partial charge on any atom is 0.332 e. The molecule has 0 aliphatic carbocycles. The zero-order valence-electron chi connectivity index (χ0n) is 17.5. The Morgan fingerprint density at radius 2 is 1.94 bits per heavy atom. The zero-order chi connectivity index (χ0) is 22.7. The number of aromatic nitrogens is 6. The zero-order valence-corrected chi connectivity index (χ0v) is 18.3. The molecule has 0 amide bonds. The fourth-order valence-electron chi connectivity index (χ4n) is 3.52. The highest BCUT2D eigenvalue weighted by molar-refractivity contribution is 6.28. The van der Waals surface area contributed by atoms with E-state index in [4.69, 9.17) is 16.1 Å². The number of aromatic amines is 1. The van der Waals surface area contributed by atoms with Crippen LogP contribution in [0.15, 0.2) is 38.4 Å². The first-order valence-electron chi connectivity index (χ1n) is 10.5. The third-order valence-electron chi connectivity index (χ3n) is 5.16. The Hall–Kier alpha value is -3.40. The van der Waals surface area contributed by atoms with Crippen molar-refractivity contribution in [2.24, 2.45) is 0 Å². The van der Waals surface area contributed by atoms with Gasteiger partial charge in [-0.1, -0.05) is 30.6 Å². The van der Waals surface area contributed by atoms with Gasteiger partial charge in [0, 0.05) is 25.1 Å². The predicted octanol–water partition coefficient (Wildman–Crippen LogP) is 3.12. The Morgan fingerprint density at radius 3 is 2.72 bits per heavy atom. The second kappa shape index (κ2) is 9.39. The van der Waals surface area contributed by atoms with Gasteiger partial charge >= 0.3 is 5.69 Å².